The lowest BCUT2D eigenvalue weighted by atomic mass is 10.1. The Bertz CT molecular complexity index is 1340. The second kappa shape index (κ2) is 21.2. The Morgan fingerprint density at radius 1 is 0.759 bits per heavy atom. The topological polar surface area (TPSA) is 245 Å². The van der Waals surface area contributed by atoms with Gasteiger partial charge in [-0.25, -0.2) is 14.2 Å². The number of esters is 2. The van der Waals surface area contributed by atoms with Crippen molar-refractivity contribution in [3.8, 4) is 0 Å². The fourth-order valence-corrected chi connectivity index (χ4v) is 8.17. The summed E-state index contributed by atoms with van der Waals surface area (Å²) in [5, 5.41) is 9.08. The molecule has 3 unspecified atom stereocenters. The van der Waals surface area contributed by atoms with E-state index < -0.39 is 68.2 Å². The monoisotopic (exact) mass is 820 g/mol. The summed E-state index contributed by atoms with van der Waals surface area (Å²) in [6.07, 6.45) is -3.12. The van der Waals surface area contributed by atoms with Crippen LogP contribution in [0.15, 0.2) is 0 Å². The van der Waals surface area contributed by atoms with Crippen LogP contribution in [0.25, 0.3) is 5.53 Å². The second-order valence-corrected chi connectivity index (χ2v) is 18.5. The highest BCUT2D eigenvalue weighted by atomic mass is 31.2. The van der Waals surface area contributed by atoms with Crippen LogP contribution in [0, 0.1) is 0 Å². The molecular formula is C32H58N2O18P2. The molecule has 0 radical (unpaired) electrons. The summed E-state index contributed by atoms with van der Waals surface area (Å²) in [4.78, 5) is 26.0. The Morgan fingerprint density at radius 2 is 1.20 bits per heavy atom. The van der Waals surface area contributed by atoms with Gasteiger partial charge in [0.1, 0.15) is 43.8 Å². The molecule has 9 atom stereocenters. The molecule has 4 aliphatic heterocycles. The van der Waals surface area contributed by atoms with Crippen LogP contribution in [0.3, 0.4) is 0 Å². The van der Waals surface area contributed by atoms with Crippen molar-refractivity contribution in [1.82, 2.24) is 0 Å². The number of hydrogen-bond acceptors (Lipinski definition) is 18. The molecule has 0 aromatic rings. The maximum absolute atomic E-state index is 12.3. The number of fused-ring (bicyclic) bond motifs is 2. The van der Waals surface area contributed by atoms with Gasteiger partial charge in [0, 0.05) is 14.2 Å². The molecule has 22 heteroatoms. The molecule has 0 bridgehead atoms. The fourth-order valence-electron chi connectivity index (χ4n) is 5.75. The predicted octanol–water partition coefficient (Wildman–Crippen LogP) is 2.72. The van der Waals surface area contributed by atoms with E-state index in [2.05, 4.69) is 9.53 Å². The van der Waals surface area contributed by atoms with E-state index in [1.54, 1.807) is 34.8 Å². The first-order valence-electron chi connectivity index (χ1n) is 17.5. The number of rotatable bonds is 16. The molecule has 1 N–H and O–H groups in total. The molecule has 54 heavy (non-hydrogen) atoms. The second-order valence-electron chi connectivity index (χ2n) is 13.2. The minimum Gasteiger partial charge on any atom is -0.464 e. The molecule has 4 heterocycles. The van der Waals surface area contributed by atoms with Crippen molar-refractivity contribution in [1.29, 1.82) is 0 Å². The summed E-state index contributed by atoms with van der Waals surface area (Å²) >= 11 is 0. The molecular weight excluding hydrogens is 762 g/mol. The SMILES string of the molecule is CCOC(=O)C(=[N+]=[N-])P(=O)(OCC)OCC.CCOC(=O)C(OC[C@H]1OC(OC)[C@@H]2OC(C)(C)O[C@H]12)P(C)(C)=O.COC1O[C@H](CO)[C@H]2OC(C)(C)O[C@@H]12. The maximum Gasteiger partial charge on any atom is 0.484 e. The zero-order chi connectivity index (χ0) is 41.1. The lowest BCUT2D eigenvalue weighted by molar-refractivity contribution is -0.232. The number of hydrogen-bond donors (Lipinski definition) is 1. The van der Waals surface area contributed by atoms with Gasteiger partial charge < -0.3 is 76.4 Å². The van der Waals surface area contributed by atoms with Gasteiger partial charge in [0.05, 0.1) is 39.6 Å². The molecule has 0 saturated carbocycles. The molecule has 20 nitrogen and oxygen atoms in total. The first-order chi connectivity index (χ1) is 25.2. The Balaban J connectivity index is 0.000000294. The number of carbonyl (C=O) groups is 2. The third-order valence-corrected chi connectivity index (χ3v) is 11.2. The van der Waals surface area contributed by atoms with Gasteiger partial charge in [-0.2, -0.15) is 0 Å². The van der Waals surface area contributed by atoms with E-state index in [1.807, 2.05) is 27.7 Å². The van der Waals surface area contributed by atoms with Crippen LogP contribution in [-0.2, 0) is 79.9 Å². The molecule has 4 fully saturated rings. The van der Waals surface area contributed by atoms with Crippen molar-refractivity contribution in [3.63, 3.8) is 0 Å². The first kappa shape index (κ1) is 48.4. The summed E-state index contributed by atoms with van der Waals surface area (Å²) in [6, 6.07) is 0. The first-order valence-corrected chi connectivity index (χ1v) is 21.7. The third-order valence-electron chi connectivity index (χ3n) is 7.74. The maximum atomic E-state index is 12.3. The van der Waals surface area contributed by atoms with Crippen molar-refractivity contribution >= 4 is 32.1 Å². The van der Waals surface area contributed by atoms with Gasteiger partial charge in [0.2, 0.25) is 5.85 Å². The third kappa shape index (κ3) is 12.9. The van der Waals surface area contributed by atoms with Crippen LogP contribution >= 0.6 is 14.7 Å². The van der Waals surface area contributed by atoms with Crippen LogP contribution in [0.2, 0.25) is 0 Å². The van der Waals surface area contributed by atoms with Gasteiger partial charge in [-0.3, -0.25) is 0 Å². The van der Waals surface area contributed by atoms with E-state index in [4.69, 9.17) is 67.1 Å². The number of aliphatic hydroxyl groups excluding tert-OH is 1. The van der Waals surface area contributed by atoms with Crippen molar-refractivity contribution in [2.24, 2.45) is 0 Å². The standard InChI is InChI=1S/C15H27O8P.C9H16O5.C8H15N2O5P/c1-7-19-12(16)14(24(5,6)17)20-8-9-10-11(13(18-4)21-9)23-15(2,3)22-10;1-9(2)13-6-5(4-10)12-8(11-3)7(6)14-9;1-4-13-8(11)7(10-9)16(12,14-5-2)15-6-3/h9-11,13-14H,7-8H2,1-6H3;5-8,10H,4H2,1-3H3;4-6H2,1-3H3/t9-,10-,11-,13?,14?;5-,6-,7-,8?;/m11./s1. The predicted molar refractivity (Wildman–Crippen MR) is 188 cm³/mol. The van der Waals surface area contributed by atoms with Crippen molar-refractivity contribution in [2.45, 2.75) is 122 Å². The lowest BCUT2D eigenvalue weighted by Crippen LogP contribution is -2.36. The average molecular weight is 821 g/mol. The smallest absolute Gasteiger partial charge is 0.464 e. The van der Waals surface area contributed by atoms with Crippen LogP contribution in [0.5, 0.6) is 0 Å². The van der Waals surface area contributed by atoms with E-state index in [1.165, 1.54) is 20.4 Å². The normalized spacial score (nSPS) is 29.7. The zero-order valence-corrected chi connectivity index (χ0v) is 34.9. The van der Waals surface area contributed by atoms with E-state index in [-0.39, 0.29) is 70.2 Å². The summed E-state index contributed by atoms with van der Waals surface area (Å²) in [6.45, 7) is 17.0. The summed E-state index contributed by atoms with van der Waals surface area (Å²) in [5.41, 5.74) is 7.93. The number of aliphatic hydroxyl groups is 1. The van der Waals surface area contributed by atoms with Gasteiger partial charge >= 0.3 is 25.0 Å². The van der Waals surface area contributed by atoms with Gasteiger partial charge in [-0.05, 0) is 68.7 Å². The molecule has 4 aliphatic rings. The van der Waals surface area contributed by atoms with Gasteiger partial charge in [-0.1, -0.05) is 0 Å². The zero-order valence-electron chi connectivity index (χ0n) is 33.1. The van der Waals surface area contributed by atoms with E-state index in [0.717, 1.165) is 0 Å². The van der Waals surface area contributed by atoms with E-state index >= 15 is 0 Å². The molecule has 4 rings (SSSR count). The highest BCUT2D eigenvalue weighted by Crippen LogP contribution is 2.49. The highest BCUT2D eigenvalue weighted by Gasteiger charge is 2.57. The molecule has 0 aromatic carbocycles. The number of carbonyl (C=O) groups excluding carboxylic acids is 2. The van der Waals surface area contributed by atoms with Crippen LogP contribution in [0.1, 0.15) is 55.4 Å². The van der Waals surface area contributed by atoms with Gasteiger partial charge in [-0.15, -0.1) is 4.79 Å². The number of nitrogens with zero attached hydrogens (tertiary/aromatic N) is 2. The Morgan fingerprint density at radius 3 is 1.59 bits per heavy atom. The minimum atomic E-state index is -3.89. The van der Waals surface area contributed by atoms with Crippen molar-refractivity contribution in [3.05, 3.63) is 5.53 Å². The molecule has 4 saturated heterocycles. The highest BCUT2D eigenvalue weighted by molar-refractivity contribution is 7.74. The van der Waals surface area contributed by atoms with Gasteiger partial charge in [0.15, 0.2) is 24.2 Å². The lowest BCUT2D eigenvalue weighted by Gasteiger charge is -2.25. The molecule has 0 amide bonds. The fraction of sp³-hybridized carbons (Fsp3) is 0.906. The summed E-state index contributed by atoms with van der Waals surface area (Å²) in [7, 11) is -3.67. The minimum absolute atomic E-state index is 0.0234. The molecule has 0 aliphatic carbocycles. The molecule has 314 valence electrons. The quantitative estimate of drug-likeness (QED) is 0.0773. The number of methoxy groups -OCH3 is 2. The molecule has 0 spiro atoms. The summed E-state index contributed by atoms with van der Waals surface area (Å²) in [5.74, 6) is -4.15. The summed E-state index contributed by atoms with van der Waals surface area (Å²) < 4.78 is 93.6. The van der Waals surface area contributed by atoms with Crippen LogP contribution in [0.4, 0.5) is 0 Å². The van der Waals surface area contributed by atoms with Crippen LogP contribution in [-0.4, -0.2) is 161 Å². The Kier molecular flexibility index (Phi) is 19.0. The average Bonchev–Trinajstić information content (AvgIpc) is 3.77. The van der Waals surface area contributed by atoms with Crippen molar-refractivity contribution < 1.29 is 89.8 Å². The van der Waals surface area contributed by atoms with E-state index in [0.29, 0.717) is 0 Å². The molecule has 0 aromatic heterocycles. The van der Waals surface area contributed by atoms with E-state index in [9.17, 15) is 18.7 Å². The largest absolute Gasteiger partial charge is 0.484 e. The Hall–Kier alpha value is -1.70. The number of ether oxygens (including phenoxy) is 11. The van der Waals surface area contributed by atoms with Crippen molar-refractivity contribution in [2.75, 3.05) is 67.2 Å². The van der Waals surface area contributed by atoms with Gasteiger partial charge in [0.25, 0.3) is 0 Å². The van der Waals surface area contributed by atoms with Crippen LogP contribution < -0.4 is 0 Å². The Labute approximate surface area is 316 Å².